The normalized spacial score (nSPS) is 23.7. The Morgan fingerprint density at radius 3 is 1.16 bits per heavy atom. The Hall–Kier alpha value is -0.420. The molecule has 1 aliphatic carbocycles. The molecule has 0 bridgehead atoms. The summed E-state index contributed by atoms with van der Waals surface area (Å²) in [4.78, 5) is 25.6. The predicted octanol–water partition coefficient (Wildman–Crippen LogP) is 9.02. The van der Waals surface area contributed by atoms with Gasteiger partial charge >= 0.3 is 11.9 Å². The van der Waals surface area contributed by atoms with Crippen LogP contribution in [-0.2, 0) is 9.59 Å². The average Bonchev–Trinajstić information content (AvgIpc) is 2.75. The molecular weight excluding hydrogens is 494 g/mol. The zero-order valence-electron chi connectivity index (χ0n) is 19.1. The van der Waals surface area contributed by atoms with Gasteiger partial charge in [0, 0.05) is 0 Å². The van der Waals surface area contributed by atoms with Gasteiger partial charge in [0.25, 0.3) is 0 Å². The molecule has 0 aromatic carbocycles. The summed E-state index contributed by atoms with van der Waals surface area (Å²) >= 11 is 25.7. The van der Waals surface area contributed by atoms with Gasteiger partial charge in [-0.05, 0) is 12.8 Å². The fourth-order valence-electron chi connectivity index (χ4n) is 4.70. The zero-order chi connectivity index (χ0) is 24.4. The molecule has 0 saturated carbocycles. The molecule has 0 spiro atoms. The van der Waals surface area contributed by atoms with Crippen LogP contribution in [0, 0.1) is 10.8 Å². The molecular formula is C24H36Cl4O4. The second kappa shape index (κ2) is 14.1. The van der Waals surface area contributed by atoms with E-state index in [2.05, 4.69) is 13.8 Å². The van der Waals surface area contributed by atoms with Gasteiger partial charge in [0.1, 0.15) is 10.8 Å². The molecule has 32 heavy (non-hydrogen) atoms. The van der Waals surface area contributed by atoms with E-state index in [-0.39, 0.29) is 33.0 Å². The van der Waals surface area contributed by atoms with Crippen molar-refractivity contribution in [2.24, 2.45) is 10.8 Å². The molecule has 2 unspecified atom stereocenters. The van der Waals surface area contributed by atoms with Crippen LogP contribution < -0.4 is 0 Å². The van der Waals surface area contributed by atoms with E-state index in [1.54, 1.807) is 0 Å². The van der Waals surface area contributed by atoms with Crippen molar-refractivity contribution in [1.29, 1.82) is 0 Å². The Morgan fingerprint density at radius 1 is 0.594 bits per heavy atom. The summed E-state index contributed by atoms with van der Waals surface area (Å²) in [5.41, 5.74) is -3.91. The Morgan fingerprint density at radius 2 is 0.875 bits per heavy atom. The van der Waals surface area contributed by atoms with E-state index in [0.717, 1.165) is 64.2 Å². The van der Waals surface area contributed by atoms with Crippen molar-refractivity contribution in [3.05, 3.63) is 20.1 Å². The number of unbranched alkanes of at least 4 members (excludes halogenated alkanes) is 10. The van der Waals surface area contributed by atoms with Crippen LogP contribution in [0.2, 0.25) is 0 Å². The molecule has 8 heteroatoms. The van der Waals surface area contributed by atoms with Gasteiger partial charge in [0.15, 0.2) is 0 Å². The number of allylic oxidation sites excluding steroid dienone is 2. The van der Waals surface area contributed by atoms with Crippen molar-refractivity contribution in [2.75, 3.05) is 0 Å². The fourth-order valence-corrected chi connectivity index (χ4v) is 6.17. The van der Waals surface area contributed by atoms with E-state index < -0.39 is 22.8 Å². The molecule has 1 aliphatic rings. The van der Waals surface area contributed by atoms with Gasteiger partial charge in [-0.2, -0.15) is 0 Å². The maximum absolute atomic E-state index is 12.8. The minimum Gasteiger partial charge on any atom is -0.481 e. The van der Waals surface area contributed by atoms with E-state index in [0.29, 0.717) is 12.8 Å². The highest BCUT2D eigenvalue weighted by atomic mass is 35.5. The number of carbonyl (C=O) groups is 2. The lowest BCUT2D eigenvalue weighted by Gasteiger charge is -2.47. The van der Waals surface area contributed by atoms with Gasteiger partial charge in [-0.3, -0.25) is 9.59 Å². The molecule has 0 aliphatic heterocycles. The van der Waals surface area contributed by atoms with Crippen LogP contribution in [-0.4, -0.2) is 22.2 Å². The number of aliphatic carboxylic acids is 2. The van der Waals surface area contributed by atoms with Crippen LogP contribution in [0.5, 0.6) is 0 Å². The van der Waals surface area contributed by atoms with Crippen molar-refractivity contribution >= 4 is 58.3 Å². The third-order valence-electron chi connectivity index (χ3n) is 6.60. The van der Waals surface area contributed by atoms with Gasteiger partial charge < -0.3 is 10.2 Å². The van der Waals surface area contributed by atoms with Crippen LogP contribution >= 0.6 is 46.4 Å². The van der Waals surface area contributed by atoms with Gasteiger partial charge in [-0.15, -0.1) is 0 Å². The topological polar surface area (TPSA) is 74.6 Å². The van der Waals surface area contributed by atoms with Crippen LogP contribution in [0.15, 0.2) is 20.1 Å². The van der Waals surface area contributed by atoms with Crippen molar-refractivity contribution in [2.45, 2.75) is 104 Å². The van der Waals surface area contributed by atoms with Crippen molar-refractivity contribution in [1.82, 2.24) is 0 Å². The average molecular weight is 530 g/mol. The largest absolute Gasteiger partial charge is 0.481 e. The molecule has 0 radical (unpaired) electrons. The summed E-state index contributed by atoms with van der Waals surface area (Å²) in [7, 11) is 0. The Bertz CT molecular complexity index is 659. The Kier molecular flexibility index (Phi) is 13.0. The van der Waals surface area contributed by atoms with Crippen molar-refractivity contribution in [3.63, 3.8) is 0 Å². The van der Waals surface area contributed by atoms with Crippen LogP contribution in [0.1, 0.15) is 104 Å². The predicted molar refractivity (Wildman–Crippen MR) is 134 cm³/mol. The van der Waals surface area contributed by atoms with Gasteiger partial charge in [-0.1, -0.05) is 137 Å². The van der Waals surface area contributed by atoms with E-state index in [4.69, 9.17) is 46.4 Å². The molecule has 4 nitrogen and oxygen atoms in total. The Labute approximate surface area is 212 Å². The lowest BCUT2D eigenvalue weighted by Crippen LogP contribution is -2.55. The maximum Gasteiger partial charge on any atom is 0.316 e. The quantitative estimate of drug-likeness (QED) is 0.195. The monoisotopic (exact) mass is 528 g/mol. The second-order valence-electron chi connectivity index (χ2n) is 8.71. The molecule has 2 N–H and O–H groups in total. The molecule has 0 aromatic heterocycles. The lowest BCUT2D eigenvalue weighted by molar-refractivity contribution is -0.168. The molecule has 0 amide bonds. The standard InChI is InChI=1S/C24H36Cl4O4/c1-3-5-7-9-11-13-15-23(21(29)30)19(27)17(25)18(26)20(28)24(23,22(31)32)16-14-12-10-8-6-4-2/h3-16H2,1-2H3,(H,29,30)(H,31,32). The third-order valence-corrected chi connectivity index (χ3v) is 8.67. The van der Waals surface area contributed by atoms with E-state index in [9.17, 15) is 19.8 Å². The highest BCUT2D eigenvalue weighted by Crippen LogP contribution is 2.64. The third kappa shape index (κ3) is 6.17. The lowest BCUT2D eigenvalue weighted by atomic mass is 9.56. The molecule has 0 saturated heterocycles. The van der Waals surface area contributed by atoms with E-state index >= 15 is 0 Å². The first-order chi connectivity index (χ1) is 15.1. The molecule has 1 rings (SSSR count). The SMILES string of the molecule is CCCCCCCCC1(C(=O)O)C(Cl)=C(Cl)C(Cl)=C(Cl)C1(CCCCCCCC)C(=O)O. The van der Waals surface area contributed by atoms with Crippen molar-refractivity contribution in [3.8, 4) is 0 Å². The van der Waals surface area contributed by atoms with Crippen molar-refractivity contribution < 1.29 is 19.8 Å². The number of halogens is 4. The molecule has 0 fully saturated rings. The molecule has 0 heterocycles. The summed E-state index contributed by atoms with van der Waals surface area (Å²) in [6.45, 7) is 4.24. The van der Waals surface area contributed by atoms with E-state index in [1.807, 2.05) is 0 Å². The van der Waals surface area contributed by atoms with Crippen LogP contribution in [0.4, 0.5) is 0 Å². The summed E-state index contributed by atoms with van der Waals surface area (Å²) in [6.07, 6.45) is 11.0. The highest BCUT2D eigenvalue weighted by molar-refractivity contribution is 6.52. The molecule has 0 aromatic rings. The van der Waals surface area contributed by atoms with Crippen LogP contribution in [0.3, 0.4) is 0 Å². The number of carboxylic acid groups (broad SMARTS) is 2. The minimum atomic E-state index is -1.96. The first-order valence-electron chi connectivity index (χ1n) is 11.7. The molecule has 184 valence electrons. The molecule has 2 atom stereocenters. The van der Waals surface area contributed by atoms with Gasteiger partial charge in [-0.25, -0.2) is 0 Å². The zero-order valence-corrected chi connectivity index (χ0v) is 22.1. The number of rotatable bonds is 16. The first kappa shape index (κ1) is 29.6. The van der Waals surface area contributed by atoms with E-state index in [1.165, 1.54) is 0 Å². The summed E-state index contributed by atoms with van der Waals surface area (Å²) in [6, 6.07) is 0. The fraction of sp³-hybridized carbons (Fsp3) is 0.750. The number of hydrogen-bond donors (Lipinski definition) is 2. The van der Waals surface area contributed by atoms with Crippen LogP contribution in [0.25, 0.3) is 0 Å². The second-order valence-corrected chi connectivity index (χ2v) is 10.2. The number of carboxylic acids is 2. The minimum absolute atomic E-state index is 0.0338. The summed E-state index contributed by atoms with van der Waals surface area (Å²) < 4.78 is 0. The smallest absolute Gasteiger partial charge is 0.316 e. The first-order valence-corrected chi connectivity index (χ1v) is 13.2. The summed E-state index contributed by atoms with van der Waals surface area (Å²) in [5.74, 6) is -2.66. The summed E-state index contributed by atoms with van der Waals surface area (Å²) in [5, 5.41) is 20.0. The Balaban J connectivity index is 3.33. The maximum atomic E-state index is 12.8. The van der Waals surface area contributed by atoms with Gasteiger partial charge in [0.05, 0.1) is 20.1 Å². The number of hydrogen-bond acceptors (Lipinski definition) is 2. The highest BCUT2D eigenvalue weighted by Gasteiger charge is 2.67. The van der Waals surface area contributed by atoms with Gasteiger partial charge in [0.2, 0.25) is 0 Å².